The standard InChI is InChI=1S/C23H27N3O6S/c1-32-21(27)15-24-22(28)19-8-5-9-20(14-19)25-23(29)18-10-12-26(13-11-18)33(30,31)16-17-6-3-2-4-7-17/h2-9,14,18H,10-13,15-16H2,1H3,(H,24,28)(H,25,29). The molecule has 2 amide bonds. The molecule has 0 aromatic heterocycles. The van der Waals surface area contributed by atoms with Crippen LogP contribution in [0, 0.1) is 5.92 Å². The second kappa shape index (κ2) is 11.1. The van der Waals surface area contributed by atoms with Gasteiger partial charge in [-0.05, 0) is 36.6 Å². The third kappa shape index (κ3) is 6.87. The molecule has 0 bridgehead atoms. The maximum atomic E-state index is 12.7. The van der Waals surface area contributed by atoms with E-state index < -0.39 is 21.9 Å². The Hall–Kier alpha value is -3.24. The first-order chi connectivity index (χ1) is 15.8. The maximum absolute atomic E-state index is 12.7. The molecule has 10 heteroatoms. The SMILES string of the molecule is COC(=O)CNC(=O)c1cccc(NC(=O)C2CCN(S(=O)(=O)Cc3ccccc3)CC2)c1. The van der Waals surface area contributed by atoms with Crippen molar-refractivity contribution in [2.24, 2.45) is 5.92 Å². The molecule has 0 aliphatic carbocycles. The first-order valence-corrected chi connectivity index (χ1v) is 12.2. The molecule has 9 nitrogen and oxygen atoms in total. The van der Waals surface area contributed by atoms with Crippen molar-refractivity contribution in [2.75, 3.05) is 32.1 Å². The van der Waals surface area contributed by atoms with E-state index in [-0.39, 0.29) is 37.2 Å². The van der Waals surface area contributed by atoms with Crippen molar-refractivity contribution in [3.05, 3.63) is 65.7 Å². The molecule has 33 heavy (non-hydrogen) atoms. The Morgan fingerprint density at radius 1 is 1.03 bits per heavy atom. The average molecular weight is 474 g/mol. The Bertz CT molecular complexity index is 1100. The summed E-state index contributed by atoms with van der Waals surface area (Å²) >= 11 is 0. The number of hydrogen-bond acceptors (Lipinski definition) is 6. The van der Waals surface area contributed by atoms with Crippen molar-refractivity contribution < 1.29 is 27.5 Å². The van der Waals surface area contributed by atoms with Crippen LogP contribution in [0.1, 0.15) is 28.8 Å². The number of ether oxygens (including phenoxy) is 1. The number of nitrogens with zero attached hydrogens (tertiary/aromatic N) is 1. The Kier molecular flexibility index (Phi) is 8.18. The molecular formula is C23H27N3O6S. The third-order valence-corrected chi connectivity index (χ3v) is 7.27. The van der Waals surface area contributed by atoms with E-state index in [0.717, 1.165) is 5.56 Å². The number of carbonyl (C=O) groups is 3. The lowest BCUT2D eigenvalue weighted by atomic mass is 9.97. The minimum absolute atomic E-state index is 0.0600. The number of benzene rings is 2. The molecule has 0 atom stereocenters. The van der Waals surface area contributed by atoms with Gasteiger partial charge in [-0.15, -0.1) is 0 Å². The second-order valence-electron chi connectivity index (χ2n) is 7.74. The summed E-state index contributed by atoms with van der Waals surface area (Å²) in [5, 5.41) is 5.24. The third-order valence-electron chi connectivity index (χ3n) is 5.42. The fourth-order valence-corrected chi connectivity index (χ4v) is 5.14. The predicted octanol–water partition coefficient (Wildman–Crippen LogP) is 1.77. The second-order valence-corrected chi connectivity index (χ2v) is 9.71. The monoisotopic (exact) mass is 473 g/mol. The molecule has 1 fully saturated rings. The van der Waals surface area contributed by atoms with E-state index in [1.54, 1.807) is 42.5 Å². The number of anilines is 1. The van der Waals surface area contributed by atoms with E-state index in [0.29, 0.717) is 24.1 Å². The zero-order valence-corrected chi connectivity index (χ0v) is 19.1. The van der Waals surface area contributed by atoms with E-state index in [1.165, 1.54) is 17.5 Å². The molecule has 2 N–H and O–H groups in total. The van der Waals surface area contributed by atoms with Crippen LogP contribution < -0.4 is 10.6 Å². The smallest absolute Gasteiger partial charge is 0.325 e. The lowest BCUT2D eigenvalue weighted by Gasteiger charge is -2.30. The van der Waals surface area contributed by atoms with E-state index in [2.05, 4.69) is 15.4 Å². The van der Waals surface area contributed by atoms with Gasteiger partial charge in [-0.3, -0.25) is 14.4 Å². The fraction of sp³-hybridized carbons (Fsp3) is 0.348. The highest BCUT2D eigenvalue weighted by molar-refractivity contribution is 7.88. The summed E-state index contributed by atoms with van der Waals surface area (Å²) in [6.07, 6.45) is 0.832. The first kappa shape index (κ1) is 24.4. The van der Waals surface area contributed by atoms with Crippen LogP contribution >= 0.6 is 0 Å². The van der Waals surface area contributed by atoms with Gasteiger partial charge in [-0.25, -0.2) is 12.7 Å². The molecule has 1 aliphatic rings. The van der Waals surface area contributed by atoms with Crippen LogP contribution in [0.15, 0.2) is 54.6 Å². The first-order valence-electron chi connectivity index (χ1n) is 10.6. The summed E-state index contributed by atoms with van der Waals surface area (Å²) in [5.74, 6) is -1.64. The topological polar surface area (TPSA) is 122 Å². The highest BCUT2D eigenvalue weighted by Gasteiger charge is 2.31. The molecule has 1 saturated heterocycles. The minimum Gasteiger partial charge on any atom is -0.468 e. The number of methoxy groups -OCH3 is 1. The molecule has 0 saturated carbocycles. The van der Waals surface area contributed by atoms with Gasteiger partial charge in [0.25, 0.3) is 5.91 Å². The predicted molar refractivity (Wildman–Crippen MR) is 123 cm³/mol. The molecular weight excluding hydrogens is 446 g/mol. The van der Waals surface area contributed by atoms with Gasteiger partial charge in [-0.2, -0.15) is 0 Å². The van der Waals surface area contributed by atoms with Crippen LogP contribution in [-0.4, -0.2) is 57.3 Å². The van der Waals surface area contributed by atoms with Gasteiger partial charge in [0.2, 0.25) is 15.9 Å². The largest absolute Gasteiger partial charge is 0.468 e. The van der Waals surface area contributed by atoms with Crippen molar-refractivity contribution >= 4 is 33.5 Å². The zero-order chi connectivity index (χ0) is 23.8. The van der Waals surface area contributed by atoms with Crippen molar-refractivity contribution in [1.82, 2.24) is 9.62 Å². The Labute approximate surface area is 193 Å². The van der Waals surface area contributed by atoms with Crippen molar-refractivity contribution in [3.8, 4) is 0 Å². The normalized spacial score (nSPS) is 14.9. The molecule has 2 aromatic rings. The molecule has 2 aromatic carbocycles. The van der Waals surface area contributed by atoms with Crippen molar-refractivity contribution in [3.63, 3.8) is 0 Å². The van der Waals surface area contributed by atoms with Crippen LogP contribution in [0.2, 0.25) is 0 Å². The highest BCUT2D eigenvalue weighted by Crippen LogP contribution is 2.23. The molecule has 3 rings (SSSR count). The van der Waals surface area contributed by atoms with Gasteiger partial charge >= 0.3 is 5.97 Å². The van der Waals surface area contributed by atoms with Gasteiger partial charge in [0.05, 0.1) is 12.9 Å². The van der Waals surface area contributed by atoms with Crippen LogP contribution in [-0.2, 0) is 30.1 Å². The number of amides is 2. The van der Waals surface area contributed by atoms with Crippen molar-refractivity contribution in [1.29, 1.82) is 0 Å². The molecule has 0 spiro atoms. The number of piperidine rings is 1. The Morgan fingerprint density at radius 2 is 1.73 bits per heavy atom. The fourth-order valence-electron chi connectivity index (χ4n) is 3.58. The van der Waals surface area contributed by atoms with Crippen LogP contribution in [0.5, 0.6) is 0 Å². The van der Waals surface area contributed by atoms with Crippen molar-refractivity contribution in [2.45, 2.75) is 18.6 Å². The average Bonchev–Trinajstić information content (AvgIpc) is 2.83. The summed E-state index contributed by atoms with van der Waals surface area (Å²) in [6.45, 7) is 0.310. The van der Waals surface area contributed by atoms with E-state index >= 15 is 0 Å². The lowest BCUT2D eigenvalue weighted by Crippen LogP contribution is -2.41. The van der Waals surface area contributed by atoms with Crippen LogP contribution in [0.3, 0.4) is 0 Å². The van der Waals surface area contributed by atoms with E-state index in [1.807, 2.05) is 6.07 Å². The van der Waals surface area contributed by atoms with Crippen LogP contribution in [0.25, 0.3) is 0 Å². The number of sulfonamides is 1. The Morgan fingerprint density at radius 3 is 2.39 bits per heavy atom. The molecule has 0 radical (unpaired) electrons. The molecule has 176 valence electrons. The van der Waals surface area contributed by atoms with Gasteiger partial charge in [0.15, 0.2) is 0 Å². The van der Waals surface area contributed by atoms with Gasteiger partial charge in [0, 0.05) is 30.3 Å². The van der Waals surface area contributed by atoms with Crippen LogP contribution in [0.4, 0.5) is 5.69 Å². The number of esters is 1. The zero-order valence-electron chi connectivity index (χ0n) is 18.3. The summed E-state index contributed by atoms with van der Waals surface area (Å²) < 4.78 is 31.3. The van der Waals surface area contributed by atoms with Gasteiger partial charge < -0.3 is 15.4 Å². The summed E-state index contributed by atoms with van der Waals surface area (Å²) in [6, 6.07) is 15.4. The number of hydrogen-bond donors (Lipinski definition) is 2. The molecule has 1 heterocycles. The molecule has 1 aliphatic heterocycles. The number of nitrogens with one attached hydrogen (secondary N) is 2. The maximum Gasteiger partial charge on any atom is 0.325 e. The van der Waals surface area contributed by atoms with E-state index in [4.69, 9.17) is 0 Å². The molecule has 0 unspecified atom stereocenters. The minimum atomic E-state index is -3.45. The summed E-state index contributed by atoms with van der Waals surface area (Å²) in [4.78, 5) is 36.1. The van der Waals surface area contributed by atoms with Gasteiger partial charge in [-0.1, -0.05) is 36.4 Å². The van der Waals surface area contributed by atoms with Gasteiger partial charge in [0.1, 0.15) is 6.54 Å². The lowest BCUT2D eigenvalue weighted by molar-refractivity contribution is -0.139. The highest BCUT2D eigenvalue weighted by atomic mass is 32.2. The summed E-state index contributed by atoms with van der Waals surface area (Å²) in [5.41, 5.74) is 1.47. The number of carbonyl (C=O) groups excluding carboxylic acids is 3. The quantitative estimate of drug-likeness (QED) is 0.564. The van der Waals surface area contributed by atoms with E-state index in [9.17, 15) is 22.8 Å². The Balaban J connectivity index is 1.53. The summed E-state index contributed by atoms with van der Waals surface area (Å²) in [7, 11) is -2.22. The number of rotatable bonds is 8.